The number of rotatable bonds is 4. The molecule has 0 spiro atoms. The molecule has 0 aliphatic carbocycles. The smallest absolute Gasteiger partial charge is 0.291 e. The van der Waals surface area contributed by atoms with E-state index in [0.29, 0.717) is 36.7 Å². The summed E-state index contributed by atoms with van der Waals surface area (Å²) in [6.45, 7) is 1.26. The molecule has 1 fully saturated rings. The third-order valence-electron chi connectivity index (χ3n) is 4.86. The van der Waals surface area contributed by atoms with Crippen LogP contribution in [0.1, 0.15) is 20.9 Å². The minimum atomic E-state index is -1.40. The Balaban J connectivity index is 1.36. The second kappa shape index (κ2) is 8.50. The van der Waals surface area contributed by atoms with E-state index < -0.39 is 34.8 Å². The van der Waals surface area contributed by atoms with E-state index in [0.717, 1.165) is 0 Å². The molecule has 1 saturated heterocycles. The summed E-state index contributed by atoms with van der Waals surface area (Å²) in [6.07, 6.45) is 2.90. The minimum absolute atomic E-state index is 0.180. The highest BCUT2D eigenvalue weighted by Gasteiger charge is 2.26. The average molecular weight is 430 g/mol. The van der Waals surface area contributed by atoms with E-state index >= 15 is 0 Å². The van der Waals surface area contributed by atoms with Gasteiger partial charge >= 0.3 is 0 Å². The van der Waals surface area contributed by atoms with Gasteiger partial charge in [-0.25, -0.2) is 18.2 Å². The number of nitrogens with zero attached hydrogens (tertiary/aromatic N) is 3. The second-order valence-electron chi connectivity index (χ2n) is 6.86. The van der Waals surface area contributed by atoms with Gasteiger partial charge in [0.2, 0.25) is 0 Å². The third-order valence-corrected chi connectivity index (χ3v) is 4.86. The molecule has 10 heteroatoms. The van der Waals surface area contributed by atoms with Crippen molar-refractivity contribution in [2.75, 3.05) is 36.4 Å². The topological polar surface area (TPSA) is 78.7 Å². The molecule has 1 aliphatic heterocycles. The lowest BCUT2D eigenvalue weighted by Gasteiger charge is -2.35. The first-order valence-corrected chi connectivity index (χ1v) is 9.42. The number of hydrogen-bond donors (Lipinski definition) is 1. The quantitative estimate of drug-likeness (QED) is 0.643. The standard InChI is InChI=1S/C21H17F3N4O3/c22-13-10-15(19(24)16(23)11-13)21(30)28-7-5-27(6-8-28)18-4-3-14(12-25-18)26-20(29)17-2-1-9-31-17/h1-4,9-12H,5-8H2,(H,26,29). The van der Waals surface area contributed by atoms with Gasteiger partial charge in [0.15, 0.2) is 17.4 Å². The molecule has 2 aromatic heterocycles. The maximum Gasteiger partial charge on any atom is 0.291 e. The molecular formula is C21H17F3N4O3. The molecule has 0 unspecified atom stereocenters. The van der Waals surface area contributed by atoms with Gasteiger partial charge in [-0.05, 0) is 30.3 Å². The van der Waals surface area contributed by atoms with Crippen molar-refractivity contribution in [1.29, 1.82) is 0 Å². The molecule has 4 rings (SSSR count). The molecular weight excluding hydrogens is 413 g/mol. The second-order valence-corrected chi connectivity index (χ2v) is 6.86. The molecule has 1 aliphatic rings. The fourth-order valence-corrected chi connectivity index (χ4v) is 3.27. The molecule has 0 bridgehead atoms. The van der Waals surface area contributed by atoms with E-state index in [1.807, 2.05) is 4.90 Å². The van der Waals surface area contributed by atoms with Crippen molar-refractivity contribution in [3.63, 3.8) is 0 Å². The Hall–Kier alpha value is -3.82. The first-order chi connectivity index (χ1) is 14.9. The molecule has 1 N–H and O–H groups in total. The molecule has 7 nitrogen and oxygen atoms in total. The summed E-state index contributed by atoms with van der Waals surface area (Å²) in [5, 5.41) is 2.67. The zero-order chi connectivity index (χ0) is 22.0. The lowest BCUT2D eigenvalue weighted by atomic mass is 10.1. The van der Waals surface area contributed by atoms with Crippen LogP contribution in [-0.4, -0.2) is 47.9 Å². The molecule has 2 amide bonds. The molecule has 31 heavy (non-hydrogen) atoms. The van der Waals surface area contributed by atoms with Crippen molar-refractivity contribution >= 4 is 23.3 Å². The zero-order valence-electron chi connectivity index (χ0n) is 16.1. The molecule has 1 aromatic carbocycles. The summed E-state index contributed by atoms with van der Waals surface area (Å²) in [6, 6.07) is 7.66. The predicted molar refractivity (Wildman–Crippen MR) is 105 cm³/mol. The summed E-state index contributed by atoms with van der Waals surface area (Å²) in [5.74, 6) is -4.12. The van der Waals surface area contributed by atoms with Crippen LogP contribution >= 0.6 is 0 Å². The molecule has 0 atom stereocenters. The summed E-state index contributed by atoms with van der Waals surface area (Å²) >= 11 is 0. The first-order valence-electron chi connectivity index (χ1n) is 9.42. The largest absolute Gasteiger partial charge is 0.459 e. The van der Waals surface area contributed by atoms with Crippen LogP contribution in [0.4, 0.5) is 24.7 Å². The summed E-state index contributed by atoms with van der Waals surface area (Å²) in [5.41, 5.74) is -0.136. The van der Waals surface area contributed by atoms with E-state index in [9.17, 15) is 22.8 Å². The van der Waals surface area contributed by atoms with Gasteiger partial charge in [0.25, 0.3) is 11.8 Å². The molecule has 3 aromatic rings. The Morgan fingerprint density at radius 2 is 1.81 bits per heavy atom. The average Bonchev–Trinajstić information content (AvgIpc) is 3.32. The number of aromatic nitrogens is 1. The number of hydrogen-bond acceptors (Lipinski definition) is 5. The van der Waals surface area contributed by atoms with E-state index in [1.54, 1.807) is 24.3 Å². The van der Waals surface area contributed by atoms with Crippen LogP contribution in [0.3, 0.4) is 0 Å². The van der Waals surface area contributed by atoms with Gasteiger partial charge in [0.05, 0.1) is 23.7 Å². The number of pyridine rings is 1. The Bertz CT molecular complexity index is 1100. The number of piperazine rings is 1. The fraction of sp³-hybridized carbons (Fsp3) is 0.190. The van der Waals surface area contributed by atoms with Crippen molar-refractivity contribution in [2.45, 2.75) is 0 Å². The predicted octanol–water partition coefficient (Wildman–Crippen LogP) is 3.31. The van der Waals surface area contributed by atoms with Crippen LogP contribution in [0.25, 0.3) is 0 Å². The number of furan rings is 1. The van der Waals surface area contributed by atoms with Crippen molar-refractivity contribution in [3.8, 4) is 0 Å². The van der Waals surface area contributed by atoms with E-state index in [4.69, 9.17) is 4.42 Å². The third kappa shape index (κ3) is 4.37. The highest BCUT2D eigenvalue weighted by molar-refractivity contribution is 6.02. The van der Waals surface area contributed by atoms with Crippen LogP contribution in [0.2, 0.25) is 0 Å². The first kappa shape index (κ1) is 20.5. The summed E-state index contributed by atoms with van der Waals surface area (Å²) in [7, 11) is 0. The van der Waals surface area contributed by atoms with Crippen LogP contribution in [0.5, 0.6) is 0 Å². The van der Waals surface area contributed by atoms with Gasteiger partial charge in [0, 0.05) is 32.2 Å². The SMILES string of the molecule is O=C(Nc1ccc(N2CCN(C(=O)c3cc(F)cc(F)c3F)CC2)nc1)c1ccco1. The van der Waals surface area contributed by atoms with Crippen LogP contribution in [0.15, 0.2) is 53.3 Å². The number of carbonyl (C=O) groups excluding carboxylic acids is 2. The van der Waals surface area contributed by atoms with Gasteiger partial charge in [0.1, 0.15) is 11.6 Å². The highest BCUT2D eigenvalue weighted by Crippen LogP contribution is 2.20. The number of anilines is 2. The van der Waals surface area contributed by atoms with Crippen LogP contribution in [0, 0.1) is 17.5 Å². The Labute approximate surface area is 175 Å². The molecule has 0 saturated carbocycles. The molecule has 0 radical (unpaired) electrons. The van der Waals surface area contributed by atoms with E-state index in [1.165, 1.54) is 17.4 Å². The van der Waals surface area contributed by atoms with Gasteiger partial charge in [-0.15, -0.1) is 0 Å². The van der Waals surface area contributed by atoms with Crippen LogP contribution in [-0.2, 0) is 0 Å². The van der Waals surface area contributed by atoms with E-state index in [-0.39, 0.29) is 18.8 Å². The van der Waals surface area contributed by atoms with Crippen molar-refractivity contribution in [3.05, 3.63) is 77.6 Å². The maximum absolute atomic E-state index is 13.9. The number of halogens is 3. The van der Waals surface area contributed by atoms with Gasteiger partial charge in [-0.1, -0.05) is 0 Å². The van der Waals surface area contributed by atoms with Gasteiger partial charge in [-0.3, -0.25) is 9.59 Å². The number of carbonyl (C=O) groups is 2. The fourth-order valence-electron chi connectivity index (χ4n) is 3.27. The lowest BCUT2D eigenvalue weighted by molar-refractivity contribution is 0.0740. The molecule has 3 heterocycles. The number of nitrogens with one attached hydrogen (secondary N) is 1. The van der Waals surface area contributed by atoms with Crippen LogP contribution < -0.4 is 10.2 Å². The molecule has 160 valence electrons. The monoisotopic (exact) mass is 430 g/mol. The summed E-state index contributed by atoms with van der Waals surface area (Å²) < 4.78 is 45.7. The van der Waals surface area contributed by atoms with E-state index in [2.05, 4.69) is 10.3 Å². The van der Waals surface area contributed by atoms with Gasteiger partial charge < -0.3 is 19.5 Å². The maximum atomic E-state index is 13.9. The highest BCUT2D eigenvalue weighted by atomic mass is 19.2. The summed E-state index contributed by atoms with van der Waals surface area (Å²) in [4.78, 5) is 32.0. The van der Waals surface area contributed by atoms with Crippen molar-refractivity contribution in [1.82, 2.24) is 9.88 Å². The Morgan fingerprint density at radius 1 is 1.03 bits per heavy atom. The Morgan fingerprint density at radius 3 is 2.45 bits per heavy atom. The normalized spacial score (nSPS) is 13.9. The van der Waals surface area contributed by atoms with Gasteiger partial charge in [-0.2, -0.15) is 0 Å². The number of amides is 2. The zero-order valence-corrected chi connectivity index (χ0v) is 16.1. The number of benzene rings is 1. The lowest BCUT2D eigenvalue weighted by Crippen LogP contribution is -2.49. The minimum Gasteiger partial charge on any atom is -0.459 e. The Kier molecular flexibility index (Phi) is 5.61. The van der Waals surface area contributed by atoms with Crippen molar-refractivity contribution in [2.24, 2.45) is 0 Å². The van der Waals surface area contributed by atoms with Crippen molar-refractivity contribution < 1.29 is 27.2 Å².